The molecule has 2 aromatic carbocycles. The summed E-state index contributed by atoms with van der Waals surface area (Å²) in [6, 6.07) is 13.5. The monoisotopic (exact) mass is 277 g/mol. The van der Waals surface area contributed by atoms with Crippen molar-refractivity contribution >= 4 is 11.6 Å². The summed E-state index contributed by atoms with van der Waals surface area (Å²) in [5.41, 5.74) is 8.28. The van der Waals surface area contributed by atoms with Crippen LogP contribution in [0.2, 0.25) is 0 Å². The van der Waals surface area contributed by atoms with E-state index in [0.717, 1.165) is 37.6 Å². The van der Waals surface area contributed by atoms with Gasteiger partial charge in [0.15, 0.2) is 5.96 Å². The highest BCUT2D eigenvalue weighted by Crippen LogP contribution is 2.29. The molecule has 0 fully saturated rings. The van der Waals surface area contributed by atoms with Crippen molar-refractivity contribution in [2.24, 2.45) is 4.99 Å². The van der Waals surface area contributed by atoms with Gasteiger partial charge in [0.2, 0.25) is 0 Å². The van der Waals surface area contributed by atoms with E-state index in [2.05, 4.69) is 58.9 Å². The lowest BCUT2D eigenvalue weighted by molar-refractivity contribution is 0.959. The normalized spacial score (nSPS) is 15.8. The third-order valence-corrected chi connectivity index (χ3v) is 4.27. The summed E-state index contributed by atoms with van der Waals surface area (Å²) in [6.45, 7) is 3.96. The molecule has 0 bridgehead atoms. The minimum atomic E-state index is 0.861. The highest BCUT2D eigenvalue weighted by Gasteiger charge is 2.16. The van der Waals surface area contributed by atoms with E-state index in [9.17, 15) is 0 Å². The third-order valence-electron chi connectivity index (χ3n) is 4.27. The SMILES string of the molecule is Cc1ccc2c(c1)Cc1ccc(NC3=NCCN3)cc1C2. The van der Waals surface area contributed by atoms with Gasteiger partial charge in [-0.3, -0.25) is 4.99 Å². The number of nitrogens with zero attached hydrogens (tertiary/aromatic N) is 1. The topological polar surface area (TPSA) is 36.4 Å². The molecule has 0 spiro atoms. The number of fused-ring (bicyclic) bond motifs is 2. The maximum atomic E-state index is 4.38. The first-order valence-electron chi connectivity index (χ1n) is 7.53. The van der Waals surface area contributed by atoms with Gasteiger partial charge >= 0.3 is 0 Å². The molecule has 3 nitrogen and oxygen atoms in total. The fourth-order valence-corrected chi connectivity index (χ4v) is 3.16. The molecule has 1 heterocycles. The summed E-state index contributed by atoms with van der Waals surface area (Å²) in [6.07, 6.45) is 2.08. The van der Waals surface area contributed by atoms with Crippen LogP contribution in [-0.2, 0) is 12.8 Å². The van der Waals surface area contributed by atoms with Gasteiger partial charge in [0.05, 0.1) is 6.54 Å². The predicted octanol–water partition coefficient (Wildman–Crippen LogP) is 2.86. The van der Waals surface area contributed by atoms with Crippen molar-refractivity contribution in [3.8, 4) is 0 Å². The first kappa shape index (κ1) is 12.5. The van der Waals surface area contributed by atoms with Crippen LogP contribution >= 0.6 is 0 Å². The number of aliphatic imine (C=N–C) groups is 1. The zero-order chi connectivity index (χ0) is 14.2. The number of guanidine groups is 1. The van der Waals surface area contributed by atoms with Gasteiger partial charge in [0, 0.05) is 12.2 Å². The van der Waals surface area contributed by atoms with E-state index in [4.69, 9.17) is 0 Å². The maximum Gasteiger partial charge on any atom is 0.195 e. The van der Waals surface area contributed by atoms with E-state index in [1.54, 1.807) is 0 Å². The van der Waals surface area contributed by atoms with E-state index >= 15 is 0 Å². The molecule has 2 N–H and O–H groups in total. The van der Waals surface area contributed by atoms with E-state index in [1.807, 2.05) is 0 Å². The molecule has 0 atom stereocenters. The van der Waals surface area contributed by atoms with Crippen LogP contribution in [-0.4, -0.2) is 19.0 Å². The van der Waals surface area contributed by atoms with Crippen molar-refractivity contribution in [3.05, 3.63) is 64.2 Å². The Morgan fingerprint density at radius 2 is 1.71 bits per heavy atom. The van der Waals surface area contributed by atoms with Gasteiger partial charge in [-0.2, -0.15) is 0 Å². The van der Waals surface area contributed by atoms with Gasteiger partial charge in [-0.25, -0.2) is 0 Å². The van der Waals surface area contributed by atoms with Crippen LogP contribution in [0.3, 0.4) is 0 Å². The summed E-state index contributed by atoms with van der Waals surface area (Å²) in [7, 11) is 0. The summed E-state index contributed by atoms with van der Waals surface area (Å²) in [5, 5.41) is 6.61. The minimum absolute atomic E-state index is 0.861. The van der Waals surface area contributed by atoms with Crippen molar-refractivity contribution in [1.29, 1.82) is 0 Å². The highest BCUT2D eigenvalue weighted by molar-refractivity contribution is 5.94. The molecule has 21 heavy (non-hydrogen) atoms. The quantitative estimate of drug-likeness (QED) is 0.717. The lowest BCUT2D eigenvalue weighted by Crippen LogP contribution is -2.26. The smallest absolute Gasteiger partial charge is 0.195 e. The molecule has 0 unspecified atom stereocenters. The van der Waals surface area contributed by atoms with Crippen LogP contribution < -0.4 is 10.6 Å². The Kier molecular flexibility index (Phi) is 2.92. The van der Waals surface area contributed by atoms with Crippen LogP contribution in [0.15, 0.2) is 41.4 Å². The number of nitrogens with one attached hydrogen (secondary N) is 2. The maximum absolute atomic E-state index is 4.38. The van der Waals surface area contributed by atoms with Crippen LogP contribution in [0.4, 0.5) is 5.69 Å². The van der Waals surface area contributed by atoms with Crippen LogP contribution in [0, 0.1) is 6.92 Å². The Labute approximate surface area is 125 Å². The van der Waals surface area contributed by atoms with Crippen LogP contribution in [0.5, 0.6) is 0 Å². The van der Waals surface area contributed by atoms with Gasteiger partial charge in [-0.15, -0.1) is 0 Å². The molecule has 2 aromatic rings. The second-order valence-electron chi connectivity index (χ2n) is 5.89. The van der Waals surface area contributed by atoms with Gasteiger partial charge in [-0.05, 0) is 54.2 Å². The second kappa shape index (κ2) is 4.92. The number of hydrogen-bond donors (Lipinski definition) is 2. The third kappa shape index (κ3) is 2.40. The Hall–Kier alpha value is -2.29. The van der Waals surface area contributed by atoms with E-state index in [0.29, 0.717) is 0 Å². The second-order valence-corrected chi connectivity index (χ2v) is 5.89. The van der Waals surface area contributed by atoms with Crippen molar-refractivity contribution in [3.63, 3.8) is 0 Å². The molecular formula is C18H19N3. The fraction of sp³-hybridized carbons (Fsp3) is 0.278. The molecule has 1 aliphatic heterocycles. The number of aryl methyl sites for hydroxylation is 1. The van der Waals surface area contributed by atoms with E-state index in [1.165, 1.54) is 27.8 Å². The molecule has 0 amide bonds. The van der Waals surface area contributed by atoms with Crippen molar-refractivity contribution in [2.75, 3.05) is 18.4 Å². The average Bonchev–Trinajstić information content (AvgIpc) is 2.98. The summed E-state index contributed by atoms with van der Waals surface area (Å²) < 4.78 is 0. The zero-order valence-corrected chi connectivity index (χ0v) is 12.2. The number of benzene rings is 2. The standard InChI is InChI=1S/C18H19N3/c1-12-2-3-13-10-16-11-17(21-18-19-6-7-20-18)5-4-14(16)9-15(13)8-12/h2-5,8,11H,6-7,9-10H2,1H3,(H2,19,20,21). The molecule has 2 aliphatic rings. The number of rotatable bonds is 1. The summed E-state index contributed by atoms with van der Waals surface area (Å²) in [4.78, 5) is 4.38. The lowest BCUT2D eigenvalue weighted by atomic mass is 9.85. The molecule has 1 aliphatic carbocycles. The molecule has 0 radical (unpaired) electrons. The van der Waals surface area contributed by atoms with E-state index in [-0.39, 0.29) is 0 Å². The Bertz CT molecular complexity index is 731. The van der Waals surface area contributed by atoms with Crippen LogP contribution in [0.25, 0.3) is 0 Å². The lowest BCUT2D eigenvalue weighted by Gasteiger charge is -2.21. The average molecular weight is 277 g/mol. The molecule has 0 saturated heterocycles. The Balaban J connectivity index is 1.62. The van der Waals surface area contributed by atoms with Gasteiger partial charge in [-0.1, -0.05) is 29.8 Å². The van der Waals surface area contributed by atoms with Gasteiger partial charge in [0.25, 0.3) is 0 Å². The number of hydrogen-bond acceptors (Lipinski definition) is 3. The predicted molar refractivity (Wildman–Crippen MR) is 87.2 cm³/mol. The molecule has 0 saturated carbocycles. The molecule has 3 heteroatoms. The molecule has 106 valence electrons. The van der Waals surface area contributed by atoms with Crippen molar-refractivity contribution in [2.45, 2.75) is 19.8 Å². The molecule has 0 aromatic heterocycles. The van der Waals surface area contributed by atoms with Gasteiger partial charge < -0.3 is 10.6 Å². The van der Waals surface area contributed by atoms with Crippen LogP contribution in [0.1, 0.15) is 27.8 Å². The van der Waals surface area contributed by atoms with E-state index < -0.39 is 0 Å². The zero-order valence-electron chi connectivity index (χ0n) is 12.2. The first-order valence-corrected chi connectivity index (χ1v) is 7.53. The fourth-order valence-electron chi connectivity index (χ4n) is 3.16. The molecular weight excluding hydrogens is 258 g/mol. The van der Waals surface area contributed by atoms with Crippen molar-refractivity contribution in [1.82, 2.24) is 5.32 Å². The minimum Gasteiger partial charge on any atom is -0.354 e. The molecule has 4 rings (SSSR count). The Morgan fingerprint density at radius 1 is 0.952 bits per heavy atom. The van der Waals surface area contributed by atoms with Gasteiger partial charge in [0.1, 0.15) is 0 Å². The first-order chi connectivity index (χ1) is 10.3. The summed E-state index contributed by atoms with van der Waals surface area (Å²) >= 11 is 0. The highest BCUT2D eigenvalue weighted by atomic mass is 15.2. The van der Waals surface area contributed by atoms with Crippen molar-refractivity contribution < 1.29 is 0 Å². The number of anilines is 1. The largest absolute Gasteiger partial charge is 0.354 e. The Morgan fingerprint density at radius 3 is 2.48 bits per heavy atom. The summed E-state index contributed by atoms with van der Waals surface area (Å²) in [5.74, 6) is 0.891.